The molecule has 6 nitrogen and oxygen atoms in total. The van der Waals surface area contributed by atoms with Crippen molar-refractivity contribution < 1.29 is 9.52 Å². The Morgan fingerprint density at radius 1 is 1.32 bits per heavy atom. The topological polar surface area (TPSA) is 87.0 Å². The van der Waals surface area contributed by atoms with Gasteiger partial charge in [-0.1, -0.05) is 0 Å². The molecule has 0 fully saturated rings. The standard InChI is InChI=1S/C19H20N4O2/c1-13(21-12-18(24)19-4-3-9-25-19)17-11-22-23(14(17)2)16-7-5-15(10-20)6-8-16/h3-9,11,13,18,21,24H,12H2,1-2H3/t13-,18-/m0/s1. The number of aliphatic hydroxyl groups is 1. The molecule has 3 aromatic rings. The fourth-order valence-corrected chi connectivity index (χ4v) is 2.76. The highest BCUT2D eigenvalue weighted by atomic mass is 16.4. The number of nitrogens with zero attached hydrogens (tertiary/aromatic N) is 3. The van der Waals surface area contributed by atoms with Crippen LogP contribution in [0.5, 0.6) is 0 Å². The Hall–Kier alpha value is -2.88. The lowest BCUT2D eigenvalue weighted by Gasteiger charge is -2.16. The van der Waals surface area contributed by atoms with Crippen LogP contribution in [0.1, 0.15) is 41.7 Å². The van der Waals surface area contributed by atoms with Crippen molar-refractivity contribution >= 4 is 0 Å². The van der Waals surface area contributed by atoms with E-state index >= 15 is 0 Å². The van der Waals surface area contributed by atoms with E-state index in [-0.39, 0.29) is 6.04 Å². The van der Waals surface area contributed by atoms with E-state index in [4.69, 9.17) is 9.68 Å². The first-order valence-corrected chi connectivity index (χ1v) is 8.10. The molecule has 0 saturated carbocycles. The highest BCUT2D eigenvalue weighted by Gasteiger charge is 2.17. The summed E-state index contributed by atoms with van der Waals surface area (Å²) >= 11 is 0. The quantitative estimate of drug-likeness (QED) is 0.722. The van der Waals surface area contributed by atoms with Crippen molar-refractivity contribution in [2.45, 2.75) is 26.0 Å². The van der Waals surface area contributed by atoms with Crippen molar-refractivity contribution in [3.8, 4) is 11.8 Å². The van der Waals surface area contributed by atoms with Gasteiger partial charge in [0.2, 0.25) is 0 Å². The highest BCUT2D eigenvalue weighted by molar-refractivity contribution is 5.41. The van der Waals surface area contributed by atoms with Gasteiger partial charge >= 0.3 is 0 Å². The summed E-state index contributed by atoms with van der Waals surface area (Å²) in [5.74, 6) is 0.546. The van der Waals surface area contributed by atoms with Crippen LogP contribution in [0.4, 0.5) is 0 Å². The smallest absolute Gasteiger partial charge is 0.133 e. The maximum Gasteiger partial charge on any atom is 0.133 e. The van der Waals surface area contributed by atoms with E-state index in [1.807, 2.05) is 36.9 Å². The van der Waals surface area contributed by atoms with E-state index in [0.29, 0.717) is 17.9 Å². The van der Waals surface area contributed by atoms with Crippen LogP contribution < -0.4 is 5.32 Å². The number of nitrogens with one attached hydrogen (secondary N) is 1. The molecular formula is C19H20N4O2. The molecule has 0 aliphatic carbocycles. The van der Waals surface area contributed by atoms with Crippen molar-refractivity contribution in [1.82, 2.24) is 15.1 Å². The lowest BCUT2D eigenvalue weighted by Crippen LogP contribution is -2.24. The predicted molar refractivity (Wildman–Crippen MR) is 93.1 cm³/mol. The van der Waals surface area contributed by atoms with Crippen molar-refractivity contribution in [3.63, 3.8) is 0 Å². The van der Waals surface area contributed by atoms with Gasteiger partial charge in [0.25, 0.3) is 0 Å². The zero-order valence-electron chi connectivity index (χ0n) is 14.2. The molecule has 0 bridgehead atoms. The second kappa shape index (κ2) is 7.34. The molecule has 2 atom stereocenters. The largest absolute Gasteiger partial charge is 0.467 e. The van der Waals surface area contributed by atoms with Gasteiger partial charge in [-0.25, -0.2) is 4.68 Å². The van der Waals surface area contributed by atoms with Crippen LogP contribution in [-0.2, 0) is 0 Å². The van der Waals surface area contributed by atoms with Crippen LogP contribution >= 0.6 is 0 Å². The molecule has 2 heterocycles. The number of hydrogen-bond acceptors (Lipinski definition) is 5. The zero-order valence-corrected chi connectivity index (χ0v) is 14.2. The third kappa shape index (κ3) is 3.63. The molecule has 0 aliphatic heterocycles. The van der Waals surface area contributed by atoms with Crippen molar-refractivity contribution in [2.75, 3.05) is 6.54 Å². The van der Waals surface area contributed by atoms with Crippen LogP contribution in [0.2, 0.25) is 0 Å². The van der Waals surface area contributed by atoms with Crippen LogP contribution in [0, 0.1) is 18.3 Å². The molecule has 2 aromatic heterocycles. The second-order valence-electron chi connectivity index (χ2n) is 5.92. The van der Waals surface area contributed by atoms with E-state index < -0.39 is 6.10 Å². The molecular weight excluding hydrogens is 316 g/mol. The van der Waals surface area contributed by atoms with Crippen molar-refractivity contribution in [2.24, 2.45) is 0 Å². The highest BCUT2D eigenvalue weighted by Crippen LogP contribution is 2.21. The Balaban J connectivity index is 1.70. The van der Waals surface area contributed by atoms with Gasteiger partial charge in [-0.05, 0) is 50.2 Å². The van der Waals surface area contributed by atoms with Gasteiger partial charge in [-0.2, -0.15) is 10.4 Å². The normalized spacial score (nSPS) is 13.4. The summed E-state index contributed by atoms with van der Waals surface area (Å²) in [6.45, 7) is 4.42. The first-order chi connectivity index (χ1) is 12.1. The molecule has 128 valence electrons. The molecule has 1 aromatic carbocycles. The maximum atomic E-state index is 10.1. The van der Waals surface area contributed by atoms with Gasteiger partial charge < -0.3 is 14.8 Å². The lowest BCUT2D eigenvalue weighted by atomic mass is 10.1. The van der Waals surface area contributed by atoms with Gasteiger partial charge in [-0.15, -0.1) is 0 Å². The summed E-state index contributed by atoms with van der Waals surface area (Å²) in [5.41, 5.74) is 3.59. The molecule has 6 heteroatoms. The molecule has 0 radical (unpaired) electrons. The summed E-state index contributed by atoms with van der Waals surface area (Å²) in [7, 11) is 0. The summed E-state index contributed by atoms with van der Waals surface area (Å²) < 4.78 is 7.05. The Kier molecular flexibility index (Phi) is 4.98. The predicted octanol–water partition coefficient (Wildman–Crippen LogP) is 3.03. The molecule has 0 aliphatic rings. The van der Waals surface area contributed by atoms with Gasteiger partial charge in [0, 0.05) is 23.8 Å². The third-order valence-electron chi connectivity index (χ3n) is 4.24. The van der Waals surface area contributed by atoms with Crippen molar-refractivity contribution in [1.29, 1.82) is 5.26 Å². The molecule has 0 unspecified atom stereocenters. The van der Waals surface area contributed by atoms with Crippen LogP contribution in [0.15, 0.2) is 53.3 Å². The fraction of sp³-hybridized carbons (Fsp3) is 0.263. The number of nitriles is 1. The minimum atomic E-state index is -0.689. The number of hydrogen-bond donors (Lipinski definition) is 2. The number of furan rings is 1. The number of rotatable bonds is 6. The van der Waals surface area contributed by atoms with E-state index in [2.05, 4.69) is 16.5 Å². The van der Waals surface area contributed by atoms with Gasteiger partial charge in [0.1, 0.15) is 11.9 Å². The fourth-order valence-electron chi connectivity index (χ4n) is 2.76. The van der Waals surface area contributed by atoms with Gasteiger partial charge in [-0.3, -0.25) is 0 Å². The Labute approximate surface area is 146 Å². The first kappa shape index (κ1) is 17.0. The van der Waals surface area contributed by atoms with E-state index in [1.165, 1.54) is 0 Å². The number of aliphatic hydroxyl groups excluding tert-OH is 1. The molecule has 0 amide bonds. The van der Waals surface area contributed by atoms with E-state index in [9.17, 15) is 5.11 Å². The van der Waals surface area contributed by atoms with E-state index in [1.54, 1.807) is 30.5 Å². The van der Waals surface area contributed by atoms with Gasteiger partial charge in [0.15, 0.2) is 0 Å². The molecule has 0 saturated heterocycles. The van der Waals surface area contributed by atoms with E-state index in [0.717, 1.165) is 16.9 Å². The zero-order chi connectivity index (χ0) is 17.8. The third-order valence-corrected chi connectivity index (χ3v) is 4.24. The minimum absolute atomic E-state index is 0.0248. The first-order valence-electron chi connectivity index (χ1n) is 8.10. The van der Waals surface area contributed by atoms with Crippen molar-refractivity contribution in [3.05, 3.63) is 71.4 Å². The average Bonchev–Trinajstić information content (AvgIpc) is 3.29. The Bertz CT molecular complexity index is 860. The Morgan fingerprint density at radius 2 is 2.08 bits per heavy atom. The SMILES string of the molecule is Cc1c([C@H](C)NC[C@H](O)c2ccco2)cnn1-c1ccc(C#N)cc1. The van der Waals surface area contributed by atoms with Gasteiger partial charge in [0.05, 0.1) is 29.8 Å². The molecule has 25 heavy (non-hydrogen) atoms. The molecule has 0 spiro atoms. The number of benzene rings is 1. The number of aromatic nitrogens is 2. The summed E-state index contributed by atoms with van der Waals surface area (Å²) in [4.78, 5) is 0. The maximum absolute atomic E-state index is 10.1. The minimum Gasteiger partial charge on any atom is -0.467 e. The average molecular weight is 336 g/mol. The Morgan fingerprint density at radius 3 is 2.72 bits per heavy atom. The lowest BCUT2D eigenvalue weighted by molar-refractivity contribution is 0.144. The summed E-state index contributed by atoms with van der Waals surface area (Å²) in [6, 6.07) is 13.0. The summed E-state index contributed by atoms with van der Waals surface area (Å²) in [5, 5.41) is 26.8. The van der Waals surface area contributed by atoms with Crippen LogP contribution in [-0.4, -0.2) is 21.4 Å². The monoisotopic (exact) mass is 336 g/mol. The molecule has 2 N–H and O–H groups in total. The second-order valence-corrected chi connectivity index (χ2v) is 5.92. The van der Waals surface area contributed by atoms with Crippen LogP contribution in [0.3, 0.4) is 0 Å². The van der Waals surface area contributed by atoms with Crippen LogP contribution in [0.25, 0.3) is 5.69 Å². The summed E-state index contributed by atoms with van der Waals surface area (Å²) in [6.07, 6.45) is 2.68. The molecule has 3 rings (SSSR count).